The molecule has 0 aliphatic heterocycles. The van der Waals surface area contributed by atoms with Crippen molar-refractivity contribution in [2.24, 2.45) is 5.14 Å². The van der Waals surface area contributed by atoms with Crippen molar-refractivity contribution in [3.8, 4) is 0 Å². The van der Waals surface area contributed by atoms with Gasteiger partial charge in [-0.15, -0.1) is 0 Å². The molecule has 0 saturated carbocycles. The van der Waals surface area contributed by atoms with Gasteiger partial charge in [-0.1, -0.05) is 98.0 Å². The highest BCUT2D eigenvalue weighted by Gasteiger charge is 2.50. The third-order valence-electron chi connectivity index (χ3n) is 4.62. The Morgan fingerprint density at radius 2 is 1.52 bits per heavy atom. The molecule has 0 amide bonds. The summed E-state index contributed by atoms with van der Waals surface area (Å²) in [6.45, 7) is 9.06. The van der Waals surface area contributed by atoms with E-state index in [9.17, 15) is 8.42 Å². The summed E-state index contributed by atoms with van der Waals surface area (Å²) in [6, 6.07) is 20.8. The molecule has 0 bridgehead atoms. The van der Waals surface area contributed by atoms with Gasteiger partial charge in [0.25, 0.3) is 18.5 Å². The number of hydrogen-bond donors (Lipinski definition) is 2. The summed E-state index contributed by atoms with van der Waals surface area (Å²) in [5, 5.41) is 7.15. The highest BCUT2D eigenvalue weighted by Crippen LogP contribution is 2.36. The molecule has 0 aliphatic rings. The summed E-state index contributed by atoms with van der Waals surface area (Å²) in [4.78, 5) is 6.65. The Hall–Kier alpha value is -1.81. The molecule has 2 aromatic carbocycles. The third kappa shape index (κ3) is 6.33. The lowest BCUT2D eigenvalue weighted by Crippen LogP contribution is -2.66. The molecule has 0 unspecified atom stereocenters. The van der Waals surface area contributed by atoms with Crippen molar-refractivity contribution in [2.75, 3.05) is 13.2 Å². The minimum Gasteiger partial charge on any atom is -0.403 e. The first-order chi connectivity index (χ1) is 13.6. The Morgan fingerprint density at radius 1 is 1.03 bits per heavy atom. The summed E-state index contributed by atoms with van der Waals surface area (Å²) in [7, 11) is -6.48. The van der Waals surface area contributed by atoms with Crippen LogP contribution in [0.5, 0.6) is 0 Å². The Balaban J connectivity index is 2.32. The van der Waals surface area contributed by atoms with Gasteiger partial charge in [0.15, 0.2) is 0 Å². The number of benzene rings is 2. The Bertz CT molecular complexity index is 871. The van der Waals surface area contributed by atoms with Gasteiger partial charge in [0, 0.05) is 0 Å². The second kappa shape index (κ2) is 9.79. The standard InChI is InChI=1S/C21H30N2O4SSi/c1-18(15-16-26-23-28(22,24)25)17-27-29(21(2,3)4,19-11-7-5-8-12-19)20-13-9-6-10-14-20/h5-15,23H,16-17H2,1-4H3,(H2,22,24,25)/b18-15+. The van der Waals surface area contributed by atoms with Crippen LogP contribution < -0.4 is 20.4 Å². The van der Waals surface area contributed by atoms with Crippen LogP contribution in [0, 0.1) is 0 Å². The van der Waals surface area contributed by atoms with E-state index in [4.69, 9.17) is 14.4 Å². The predicted molar refractivity (Wildman–Crippen MR) is 120 cm³/mol. The molecule has 2 rings (SSSR count). The van der Waals surface area contributed by atoms with Crippen LogP contribution >= 0.6 is 0 Å². The monoisotopic (exact) mass is 434 g/mol. The van der Waals surface area contributed by atoms with E-state index in [2.05, 4.69) is 45.0 Å². The van der Waals surface area contributed by atoms with Gasteiger partial charge in [0.1, 0.15) is 0 Å². The summed E-state index contributed by atoms with van der Waals surface area (Å²) in [5.41, 5.74) is 0.939. The molecule has 29 heavy (non-hydrogen) atoms. The van der Waals surface area contributed by atoms with E-state index in [1.165, 1.54) is 10.4 Å². The molecule has 6 nitrogen and oxygen atoms in total. The van der Waals surface area contributed by atoms with Crippen molar-refractivity contribution in [3.63, 3.8) is 0 Å². The molecule has 8 heteroatoms. The second-order valence-electron chi connectivity index (χ2n) is 7.94. The van der Waals surface area contributed by atoms with Crippen LogP contribution in [0.1, 0.15) is 27.7 Å². The van der Waals surface area contributed by atoms with Crippen molar-refractivity contribution in [2.45, 2.75) is 32.7 Å². The van der Waals surface area contributed by atoms with Crippen LogP contribution in [-0.2, 0) is 19.5 Å². The van der Waals surface area contributed by atoms with E-state index in [0.29, 0.717) is 6.61 Å². The molecule has 0 radical (unpaired) electrons. The maximum absolute atomic E-state index is 10.9. The lowest BCUT2D eigenvalue weighted by atomic mass is 10.2. The van der Waals surface area contributed by atoms with E-state index < -0.39 is 18.5 Å². The van der Waals surface area contributed by atoms with Crippen LogP contribution in [0.4, 0.5) is 0 Å². The average molecular weight is 435 g/mol. The molecular formula is C21H30N2O4SSi. The zero-order chi connectivity index (χ0) is 21.5. The molecule has 0 aliphatic carbocycles. The van der Waals surface area contributed by atoms with Gasteiger partial charge < -0.3 is 4.43 Å². The van der Waals surface area contributed by atoms with Crippen molar-refractivity contribution in [1.82, 2.24) is 4.89 Å². The van der Waals surface area contributed by atoms with Crippen molar-refractivity contribution in [3.05, 3.63) is 72.3 Å². The minimum absolute atomic E-state index is 0.0619. The van der Waals surface area contributed by atoms with Crippen LogP contribution in [0.3, 0.4) is 0 Å². The zero-order valence-corrected chi connectivity index (χ0v) is 19.2. The first kappa shape index (κ1) is 23.5. The molecule has 0 heterocycles. The first-order valence-electron chi connectivity index (χ1n) is 9.38. The Morgan fingerprint density at radius 3 is 1.93 bits per heavy atom. The SMILES string of the molecule is C/C(=C\CONS(N)(=O)=O)CO[Si](c1ccccc1)(c1ccccc1)C(C)(C)C. The van der Waals surface area contributed by atoms with Gasteiger partial charge in [0.05, 0.1) is 13.2 Å². The summed E-state index contributed by atoms with van der Waals surface area (Å²) in [6.07, 6.45) is 1.77. The summed E-state index contributed by atoms with van der Waals surface area (Å²) >= 11 is 0. The quantitative estimate of drug-likeness (QED) is 0.274. The van der Waals surface area contributed by atoms with Crippen molar-refractivity contribution >= 4 is 28.9 Å². The van der Waals surface area contributed by atoms with Gasteiger partial charge in [-0.05, 0) is 22.3 Å². The van der Waals surface area contributed by atoms with Crippen LogP contribution in [-0.4, -0.2) is 29.9 Å². The highest BCUT2D eigenvalue weighted by molar-refractivity contribution is 7.87. The van der Waals surface area contributed by atoms with E-state index >= 15 is 0 Å². The molecular weight excluding hydrogens is 404 g/mol. The maximum atomic E-state index is 10.9. The van der Waals surface area contributed by atoms with E-state index in [1.54, 1.807) is 11.0 Å². The molecule has 0 atom stereocenters. The first-order valence-corrected chi connectivity index (χ1v) is 12.8. The Kier molecular flexibility index (Phi) is 7.92. The predicted octanol–water partition coefficient (Wildman–Crippen LogP) is 2.23. The largest absolute Gasteiger partial charge is 0.403 e. The fourth-order valence-electron chi connectivity index (χ4n) is 3.34. The van der Waals surface area contributed by atoms with Gasteiger partial charge in [-0.3, -0.25) is 4.84 Å². The van der Waals surface area contributed by atoms with E-state index in [-0.39, 0.29) is 11.6 Å². The molecule has 0 spiro atoms. The smallest absolute Gasteiger partial charge is 0.296 e. The zero-order valence-electron chi connectivity index (χ0n) is 17.4. The van der Waals surface area contributed by atoms with Crippen LogP contribution in [0.2, 0.25) is 5.04 Å². The second-order valence-corrected chi connectivity index (χ2v) is 13.5. The van der Waals surface area contributed by atoms with E-state index in [0.717, 1.165) is 5.57 Å². The third-order valence-corrected chi connectivity index (χ3v) is 9.96. The molecule has 2 aromatic rings. The molecule has 3 N–H and O–H groups in total. The summed E-state index contributed by atoms with van der Waals surface area (Å²) in [5.74, 6) is 0. The average Bonchev–Trinajstić information content (AvgIpc) is 2.66. The van der Waals surface area contributed by atoms with Crippen LogP contribution in [0.25, 0.3) is 0 Å². The fourth-order valence-corrected chi connectivity index (χ4v) is 8.17. The van der Waals surface area contributed by atoms with Gasteiger partial charge in [0.2, 0.25) is 0 Å². The van der Waals surface area contributed by atoms with Crippen molar-refractivity contribution in [1.29, 1.82) is 0 Å². The normalized spacial score (nSPS) is 13.5. The van der Waals surface area contributed by atoms with Gasteiger partial charge in [-0.2, -0.15) is 8.42 Å². The van der Waals surface area contributed by atoms with Gasteiger partial charge in [-0.25, -0.2) is 5.14 Å². The maximum Gasteiger partial charge on any atom is 0.296 e. The molecule has 0 fully saturated rings. The molecule has 0 aromatic heterocycles. The van der Waals surface area contributed by atoms with Gasteiger partial charge >= 0.3 is 0 Å². The van der Waals surface area contributed by atoms with E-state index in [1.807, 2.05) is 43.3 Å². The van der Waals surface area contributed by atoms with Crippen LogP contribution in [0.15, 0.2) is 72.3 Å². The number of nitrogens with one attached hydrogen (secondary N) is 1. The highest BCUT2D eigenvalue weighted by atomic mass is 32.2. The number of rotatable bonds is 9. The minimum atomic E-state index is -3.87. The summed E-state index contributed by atoms with van der Waals surface area (Å²) < 4.78 is 28.5. The lowest BCUT2D eigenvalue weighted by molar-refractivity contribution is 0.118. The Labute approximate surface area is 175 Å². The number of hydrogen-bond acceptors (Lipinski definition) is 4. The lowest BCUT2D eigenvalue weighted by Gasteiger charge is -2.43. The molecule has 0 saturated heterocycles. The van der Waals surface area contributed by atoms with Crippen molar-refractivity contribution < 1.29 is 17.7 Å². The molecule has 158 valence electrons. The topological polar surface area (TPSA) is 90.6 Å². The number of nitrogens with two attached hydrogens (primary N) is 1. The fraction of sp³-hybridized carbons (Fsp3) is 0.333.